The van der Waals surface area contributed by atoms with Crippen LogP contribution in [0.4, 0.5) is 8.78 Å². The lowest BCUT2D eigenvalue weighted by Crippen LogP contribution is -2.58. The van der Waals surface area contributed by atoms with Gasteiger partial charge in [0, 0.05) is 47.7 Å². The summed E-state index contributed by atoms with van der Waals surface area (Å²) in [6.45, 7) is 0.595. The zero-order valence-electron chi connectivity index (χ0n) is 22.7. The van der Waals surface area contributed by atoms with Crippen LogP contribution in [0.5, 0.6) is 0 Å². The molecule has 0 aliphatic carbocycles. The maximum Gasteiger partial charge on any atom is 0.363 e. The number of thiophene rings is 1. The average Bonchev–Trinajstić information content (AvgIpc) is 3.53. The van der Waals surface area contributed by atoms with Gasteiger partial charge in [-0.25, -0.2) is 8.78 Å². The highest BCUT2D eigenvalue weighted by molar-refractivity contribution is 7.51. The molecule has 10 nitrogen and oxygen atoms in total. The van der Waals surface area contributed by atoms with Crippen LogP contribution in [0.15, 0.2) is 36.7 Å². The van der Waals surface area contributed by atoms with E-state index < -0.39 is 37.3 Å². The second kappa shape index (κ2) is 11.5. The number of alkyl halides is 1. The van der Waals surface area contributed by atoms with Gasteiger partial charge in [0.2, 0.25) is 17.7 Å². The Hall–Kier alpha value is -2.96. The van der Waals surface area contributed by atoms with Crippen LogP contribution >= 0.6 is 30.5 Å². The summed E-state index contributed by atoms with van der Waals surface area (Å²) < 4.78 is 40.6. The van der Waals surface area contributed by atoms with Gasteiger partial charge in [0.1, 0.15) is 17.9 Å². The Morgan fingerprint density at radius 1 is 1.14 bits per heavy atom. The quantitative estimate of drug-likeness (QED) is 0.333. The van der Waals surface area contributed by atoms with Crippen molar-refractivity contribution in [1.82, 2.24) is 20.1 Å². The number of nitrogens with zero attached hydrogens (tertiary/aromatic N) is 3. The molecule has 15 heteroatoms. The SMILES string of the molecule is O=C(N[C@H]1CCC[C@H]2CC[C@@H](C(=O)N3CC(c4cncc(Cl)c4F)C3)N2C1=O)c1cc2cc(C(F)P(=O)(O)O)ccc2s1. The van der Waals surface area contributed by atoms with Crippen molar-refractivity contribution < 1.29 is 37.5 Å². The Morgan fingerprint density at radius 2 is 1.91 bits per heavy atom. The molecule has 5 heterocycles. The molecule has 3 saturated heterocycles. The maximum atomic E-state index is 14.4. The summed E-state index contributed by atoms with van der Waals surface area (Å²) in [4.78, 5) is 66.3. The maximum absolute atomic E-state index is 14.4. The number of nitrogens with one attached hydrogen (secondary N) is 1. The summed E-state index contributed by atoms with van der Waals surface area (Å²) >= 11 is 6.97. The van der Waals surface area contributed by atoms with Crippen LogP contribution in [0.1, 0.15) is 64.7 Å². The van der Waals surface area contributed by atoms with Gasteiger partial charge in [0.25, 0.3) is 5.91 Å². The predicted molar refractivity (Wildman–Crippen MR) is 155 cm³/mol. The van der Waals surface area contributed by atoms with E-state index in [9.17, 15) is 37.5 Å². The average molecular weight is 653 g/mol. The number of aromatic nitrogens is 1. The Kier molecular flexibility index (Phi) is 8.06. The lowest BCUT2D eigenvalue weighted by molar-refractivity contribution is -0.148. The summed E-state index contributed by atoms with van der Waals surface area (Å²) in [6.07, 6.45) is 5.63. The van der Waals surface area contributed by atoms with Crippen molar-refractivity contribution in [3.8, 4) is 0 Å². The fraction of sp³-hybridized carbons (Fsp3) is 0.429. The number of benzene rings is 1. The van der Waals surface area contributed by atoms with Crippen LogP contribution in [0.3, 0.4) is 0 Å². The highest BCUT2D eigenvalue weighted by Crippen LogP contribution is 2.53. The first-order chi connectivity index (χ1) is 20.4. The second-order valence-electron chi connectivity index (χ2n) is 11.2. The molecular formula is C28H28ClF2N4O6PS. The largest absolute Gasteiger partial charge is 0.363 e. The van der Waals surface area contributed by atoms with Gasteiger partial charge in [0.05, 0.1) is 9.90 Å². The van der Waals surface area contributed by atoms with E-state index in [4.69, 9.17) is 11.6 Å². The lowest BCUT2D eigenvalue weighted by atomic mass is 9.91. The predicted octanol–water partition coefficient (Wildman–Crippen LogP) is 4.50. The minimum atomic E-state index is -4.99. The lowest BCUT2D eigenvalue weighted by Gasteiger charge is -2.42. The number of likely N-dealkylation sites (tertiary alicyclic amines) is 1. The molecule has 1 unspecified atom stereocenters. The molecule has 3 fully saturated rings. The molecule has 1 aromatic carbocycles. The molecule has 3 amide bonds. The minimum absolute atomic E-state index is 0.0714. The minimum Gasteiger partial charge on any atom is -0.340 e. The van der Waals surface area contributed by atoms with Gasteiger partial charge in [-0.2, -0.15) is 0 Å². The monoisotopic (exact) mass is 652 g/mol. The molecule has 4 atom stereocenters. The van der Waals surface area contributed by atoms with Gasteiger partial charge in [-0.3, -0.25) is 23.9 Å². The molecule has 0 spiro atoms. The van der Waals surface area contributed by atoms with Gasteiger partial charge < -0.3 is 24.9 Å². The van der Waals surface area contributed by atoms with Gasteiger partial charge in [-0.05, 0) is 61.3 Å². The van der Waals surface area contributed by atoms with Crippen LogP contribution in [0, 0.1) is 5.82 Å². The highest BCUT2D eigenvalue weighted by atomic mass is 35.5. The number of amides is 3. The number of halogens is 3. The van der Waals surface area contributed by atoms with E-state index in [1.807, 2.05) is 0 Å². The van der Waals surface area contributed by atoms with E-state index in [1.54, 1.807) is 9.80 Å². The van der Waals surface area contributed by atoms with Crippen molar-refractivity contribution in [2.75, 3.05) is 13.1 Å². The number of fused-ring (bicyclic) bond motifs is 2. The number of hydrogen-bond acceptors (Lipinski definition) is 6. The molecule has 0 bridgehead atoms. The van der Waals surface area contributed by atoms with Crippen LogP contribution in [-0.4, -0.2) is 73.5 Å². The molecule has 0 saturated carbocycles. The number of hydrogen-bond donors (Lipinski definition) is 3. The second-order valence-corrected chi connectivity index (χ2v) is 14.4. The fourth-order valence-corrected chi connectivity index (χ4v) is 7.93. The van der Waals surface area contributed by atoms with Crippen molar-refractivity contribution in [3.05, 3.63) is 63.5 Å². The Labute approximate surface area is 254 Å². The summed E-state index contributed by atoms with van der Waals surface area (Å²) in [7, 11) is -4.99. The molecule has 3 aliphatic heterocycles. The van der Waals surface area contributed by atoms with Crippen LogP contribution in [-0.2, 0) is 14.2 Å². The third-order valence-electron chi connectivity index (χ3n) is 8.51. The summed E-state index contributed by atoms with van der Waals surface area (Å²) in [5, 5.41) is 3.19. The third-order valence-corrected chi connectivity index (χ3v) is 10.8. The molecule has 43 heavy (non-hydrogen) atoms. The topological polar surface area (TPSA) is 140 Å². The van der Waals surface area contributed by atoms with Gasteiger partial charge >= 0.3 is 7.60 Å². The van der Waals surface area contributed by atoms with Gasteiger partial charge in [0.15, 0.2) is 0 Å². The van der Waals surface area contributed by atoms with E-state index in [-0.39, 0.29) is 39.2 Å². The molecule has 2 aromatic heterocycles. The van der Waals surface area contributed by atoms with Crippen LogP contribution in [0.2, 0.25) is 5.02 Å². The molecule has 0 radical (unpaired) electrons. The molecule has 228 valence electrons. The zero-order chi connectivity index (χ0) is 30.6. The summed E-state index contributed by atoms with van der Waals surface area (Å²) in [5.74, 6) is -4.27. The summed E-state index contributed by atoms with van der Waals surface area (Å²) in [6, 6.07) is 3.94. The summed E-state index contributed by atoms with van der Waals surface area (Å²) in [5.41, 5.74) is 0.168. The Bertz CT molecular complexity index is 1660. The van der Waals surface area contributed by atoms with Crippen molar-refractivity contribution in [1.29, 1.82) is 0 Å². The first kappa shape index (κ1) is 30.1. The van der Waals surface area contributed by atoms with E-state index in [0.717, 1.165) is 11.3 Å². The van der Waals surface area contributed by atoms with Crippen LogP contribution < -0.4 is 5.32 Å². The number of pyridine rings is 1. The van der Waals surface area contributed by atoms with Gasteiger partial charge in [-0.1, -0.05) is 17.7 Å². The Balaban J connectivity index is 1.14. The first-order valence-electron chi connectivity index (χ1n) is 13.9. The van der Waals surface area contributed by atoms with E-state index in [2.05, 4.69) is 10.3 Å². The first-order valence-corrected chi connectivity index (χ1v) is 16.7. The molecule has 3 N–H and O–H groups in total. The molecular weight excluding hydrogens is 625 g/mol. The number of carbonyl (C=O) groups excluding carboxylic acids is 3. The van der Waals surface area contributed by atoms with Crippen molar-refractivity contribution in [3.63, 3.8) is 0 Å². The van der Waals surface area contributed by atoms with E-state index in [1.165, 1.54) is 36.7 Å². The molecule has 3 aliphatic rings. The third kappa shape index (κ3) is 5.69. The smallest absolute Gasteiger partial charge is 0.340 e. The highest BCUT2D eigenvalue weighted by Gasteiger charge is 2.48. The fourth-order valence-electron chi connectivity index (χ4n) is 6.27. The molecule has 6 rings (SSSR count). The number of carbonyl (C=O) groups is 3. The van der Waals surface area contributed by atoms with Crippen molar-refractivity contribution in [2.45, 2.75) is 62.1 Å². The molecule has 3 aromatic rings. The van der Waals surface area contributed by atoms with Crippen LogP contribution in [0.25, 0.3) is 10.1 Å². The normalized spacial score (nSPS) is 23.6. The Morgan fingerprint density at radius 3 is 2.65 bits per heavy atom. The zero-order valence-corrected chi connectivity index (χ0v) is 25.1. The van der Waals surface area contributed by atoms with Gasteiger partial charge in [-0.15, -0.1) is 11.3 Å². The standard InChI is InChI=1S/C28H28ClF2N4O6PS/c29-19-11-32-10-18(24(19)30)16-12-34(13-16)28(38)21-6-5-17-2-1-3-20(27(37)35(17)21)33-26(36)23-9-15-8-14(4-7-22(15)43-23)25(31)42(39,40)41/h4,7-11,16-17,20-21,25H,1-3,5-6,12-13H2,(H,33,36)(H2,39,40,41)/t17-,20-,21-,25?/m0/s1. The van der Waals surface area contributed by atoms with E-state index >= 15 is 0 Å². The van der Waals surface area contributed by atoms with E-state index in [0.29, 0.717) is 60.8 Å². The van der Waals surface area contributed by atoms with Crippen molar-refractivity contribution in [2.24, 2.45) is 0 Å². The number of rotatable bonds is 6. The van der Waals surface area contributed by atoms with Crippen molar-refractivity contribution >= 4 is 58.3 Å².